The Hall–Kier alpha value is -0.0700. The average Bonchev–Trinajstić information content (AvgIpc) is 2.38. The molecule has 0 aromatic rings. The normalized spacial score (nSPS) is 50.1. The van der Waals surface area contributed by atoms with Crippen molar-refractivity contribution in [1.82, 2.24) is 0 Å². The second kappa shape index (κ2) is 2.29. The smallest absolute Gasteiger partial charge is 0.114 e. The Morgan fingerprint density at radius 1 is 1.31 bits per heavy atom. The maximum atomic E-state index is 13.7. The van der Waals surface area contributed by atoms with Crippen molar-refractivity contribution in [2.24, 2.45) is 16.7 Å². The van der Waals surface area contributed by atoms with Crippen LogP contribution < -0.4 is 0 Å². The largest absolute Gasteiger partial charge is 0.244 e. The molecule has 0 heterocycles. The summed E-state index contributed by atoms with van der Waals surface area (Å²) in [6.07, 6.45) is 4.32. The zero-order valence-electron chi connectivity index (χ0n) is 9.28. The zero-order chi connectivity index (χ0) is 9.91. The summed E-state index contributed by atoms with van der Waals surface area (Å²) in [6, 6.07) is 0. The second-order valence-electron chi connectivity index (χ2n) is 6.46. The number of halogens is 1. The molecule has 13 heavy (non-hydrogen) atoms. The van der Waals surface area contributed by atoms with Crippen molar-refractivity contribution in [2.75, 3.05) is 0 Å². The Kier molecular flexibility index (Phi) is 1.67. The summed E-state index contributed by atoms with van der Waals surface area (Å²) in [5.74, 6) is 0.741. The van der Waals surface area contributed by atoms with Gasteiger partial charge in [-0.25, -0.2) is 4.39 Å². The molecule has 1 heteroatoms. The number of hydrogen-bond donors (Lipinski definition) is 0. The lowest BCUT2D eigenvalue weighted by Crippen LogP contribution is -2.18. The quantitative estimate of drug-likeness (QED) is 0.534. The van der Waals surface area contributed by atoms with Gasteiger partial charge in [0.15, 0.2) is 0 Å². The third-order valence-corrected chi connectivity index (χ3v) is 4.48. The Balaban J connectivity index is 2.05. The molecule has 1 spiro atoms. The van der Waals surface area contributed by atoms with E-state index in [4.69, 9.17) is 0 Å². The molecule has 0 radical (unpaired) electrons. The Bertz CT molecular complexity index is 224. The molecule has 0 N–H and O–H groups in total. The van der Waals surface area contributed by atoms with Gasteiger partial charge in [-0.05, 0) is 43.9 Å². The molecule has 0 nitrogen and oxygen atoms in total. The van der Waals surface area contributed by atoms with Gasteiger partial charge in [-0.1, -0.05) is 20.8 Å². The molecule has 2 aliphatic carbocycles. The summed E-state index contributed by atoms with van der Waals surface area (Å²) in [5.41, 5.74) is -0.347. The van der Waals surface area contributed by atoms with Crippen LogP contribution in [-0.2, 0) is 0 Å². The fourth-order valence-corrected chi connectivity index (χ4v) is 3.09. The lowest BCUT2D eigenvalue weighted by molar-refractivity contribution is 0.207. The SMILES string of the molecule is CC(C)(C)C1CCC2(C1)CC2(C)F. The van der Waals surface area contributed by atoms with Crippen molar-refractivity contribution in [1.29, 1.82) is 0 Å². The van der Waals surface area contributed by atoms with Crippen LogP contribution in [0.25, 0.3) is 0 Å². The molecular formula is C12H21F. The molecule has 0 bridgehead atoms. The first-order valence-corrected chi connectivity index (χ1v) is 5.46. The highest BCUT2D eigenvalue weighted by Crippen LogP contribution is 2.70. The molecular weight excluding hydrogens is 163 g/mol. The van der Waals surface area contributed by atoms with Gasteiger partial charge in [-0.15, -0.1) is 0 Å². The first-order chi connectivity index (χ1) is 5.77. The highest BCUT2D eigenvalue weighted by molar-refractivity contribution is 5.17. The number of rotatable bonds is 0. The molecule has 2 saturated carbocycles. The third-order valence-electron chi connectivity index (χ3n) is 4.48. The van der Waals surface area contributed by atoms with Crippen molar-refractivity contribution in [3.8, 4) is 0 Å². The van der Waals surface area contributed by atoms with Crippen molar-refractivity contribution < 1.29 is 4.39 Å². The van der Waals surface area contributed by atoms with Gasteiger partial charge in [0.1, 0.15) is 5.67 Å². The number of hydrogen-bond acceptors (Lipinski definition) is 0. The predicted octanol–water partition coefficient (Wildman–Crippen LogP) is 3.95. The Morgan fingerprint density at radius 2 is 1.85 bits per heavy atom. The second-order valence-corrected chi connectivity index (χ2v) is 6.46. The molecule has 2 fully saturated rings. The lowest BCUT2D eigenvalue weighted by Gasteiger charge is -2.27. The van der Waals surface area contributed by atoms with E-state index in [9.17, 15) is 4.39 Å². The van der Waals surface area contributed by atoms with E-state index in [1.54, 1.807) is 6.92 Å². The molecule has 0 aromatic heterocycles. The molecule has 2 aliphatic rings. The van der Waals surface area contributed by atoms with E-state index in [0.29, 0.717) is 5.41 Å². The first-order valence-electron chi connectivity index (χ1n) is 5.46. The fraction of sp³-hybridized carbons (Fsp3) is 1.00. The highest BCUT2D eigenvalue weighted by atomic mass is 19.1. The molecule has 0 aromatic carbocycles. The monoisotopic (exact) mass is 184 g/mol. The van der Waals surface area contributed by atoms with Crippen LogP contribution in [0.1, 0.15) is 53.4 Å². The van der Waals surface area contributed by atoms with Crippen molar-refractivity contribution >= 4 is 0 Å². The topological polar surface area (TPSA) is 0 Å². The zero-order valence-corrected chi connectivity index (χ0v) is 9.28. The van der Waals surface area contributed by atoms with Crippen LogP contribution in [0.15, 0.2) is 0 Å². The average molecular weight is 184 g/mol. The maximum absolute atomic E-state index is 13.7. The molecule has 0 aliphatic heterocycles. The van der Waals surface area contributed by atoms with Crippen LogP contribution in [0.3, 0.4) is 0 Å². The van der Waals surface area contributed by atoms with E-state index in [1.807, 2.05) is 0 Å². The molecule has 3 unspecified atom stereocenters. The van der Waals surface area contributed by atoms with Gasteiger partial charge >= 0.3 is 0 Å². The summed E-state index contributed by atoms with van der Waals surface area (Å²) in [4.78, 5) is 0. The minimum atomic E-state index is -0.826. The standard InChI is InChI=1S/C12H21F/c1-10(2,3)9-5-6-12(7-9)8-11(12,4)13/h9H,5-8H2,1-4H3. The fourth-order valence-electron chi connectivity index (χ4n) is 3.09. The highest BCUT2D eigenvalue weighted by Gasteiger charge is 2.68. The molecule has 3 atom stereocenters. The van der Waals surface area contributed by atoms with Gasteiger partial charge in [-0.3, -0.25) is 0 Å². The minimum absolute atomic E-state index is 0.102. The van der Waals surface area contributed by atoms with Crippen molar-refractivity contribution in [2.45, 2.75) is 59.0 Å². The third kappa shape index (κ3) is 1.31. The minimum Gasteiger partial charge on any atom is -0.244 e. The van der Waals surface area contributed by atoms with E-state index < -0.39 is 5.67 Å². The van der Waals surface area contributed by atoms with Gasteiger partial charge in [0.25, 0.3) is 0 Å². The van der Waals surface area contributed by atoms with Crippen molar-refractivity contribution in [3.05, 3.63) is 0 Å². The summed E-state index contributed by atoms with van der Waals surface area (Å²) >= 11 is 0. The summed E-state index contributed by atoms with van der Waals surface area (Å²) in [6.45, 7) is 8.65. The van der Waals surface area contributed by atoms with Crippen LogP contribution in [0.4, 0.5) is 4.39 Å². The first kappa shape index (κ1) is 9.48. The summed E-state index contributed by atoms with van der Waals surface area (Å²) in [7, 11) is 0. The van der Waals surface area contributed by atoms with Gasteiger partial charge < -0.3 is 0 Å². The Morgan fingerprint density at radius 3 is 2.08 bits per heavy atom. The van der Waals surface area contributed by atoms with E-state index >= 15 is 0 Å². The molecule has 76 valence electrons. The van der Waals surface area contributed by atoms with Crippen LogP contribution in [-0.4, -0.2) is 5.67 Å². The summed E-state index contributed by atoms with van der Waals surface area (Å²) < 4.78 is 13.7. The van der Waals surface area contributed by atoms with Gasteiger partial charge in [-0.2, -0.15) is 0 Å². The van der Waals surface area contributed by atoms with Gasteiger partial charge in [0.2, 0.25) is 0 Å². The molecule has 0 saturated heterocycles. The van der Waals surface area contributed by atoms with Crippen LogP contribution in [0.5, 0.6) is 0 Å². The predicted molar refractivity (Wildman–Crippen MR) is 53.4 cm³/mol. The van der Waals surface area contributed by atoms with Crippen LogP contribution >= 0.6 is 0 Å². The maximum Gasteiger partial charge on any atom is 0.114 e. The lowest BCUT2D eigenvalue weighted by atomic mass is 9.79. The van der Waals surface area contributed by atoms with Gasteiger partial charge in [0.05, 0.1) is 0 Å². The Labute approximate surface area is 80.9 Å². The molecule has 0 amide bonds. The van der Waals surface area contributed by atoms with E-state index in [-0.39, 0.29) is 5.41 Å². The van der Waals surface area contributed by atoms with Gasteiger partial charge in [0, 0.05) is 5.41 Å². The van der Waals surface area contributed by atoms with Crippen LogP contribution in [0, 0.1) is 16.7 Å². The van der Waals surface area contributed by atoms with E-state index in [2.05, 4.69) is 20.8 Å². The van der Waals surface area contributed by atoms with E-state index in [0.717, 1.165) is 25.2 Å². The van der Waals surface area contributed by atoms with Crippen molar-refractivity contribution in [3.63, 3.8) is 0 Å². The van der Waals surface area contributed by atoms with Crippen LogP contribution in [0.2, 0.25) is 0 Å². The number of alkyl halides is 1. The summed E-state index contributed by atoms with van der Waals surface area (Å²) in [5, 5.41) is 0. The van der Waals surface area contributed by atoms with E-state index in [1.165, 1.54) is 6.42 Å². The molecule has 2 rings (SSSR count).